The van der Waals surface area contributed by atoms with E-state index >= 15 is 0 Å². The van der Waals surface area contributed by atoms with Gasteiger partial charge >= 0.3 is 11.9 Å². The van der Waals surface area contributed by atoms with Gasteiger partial charge in [-0.1, -0.05) is 156 Å². The van der Waals surface area contributed by atoms with Crippen LogP contribution in [0.5, 0.6) is 0 Å². The van der Waals surface area contributed by atoms with Crippen molar-refractivity contribution >= 4 is 17.8 Å². The molecule has 4 aliphatic carbocycles. The molecule has 0 saturated heterocycles. The number of rotatable bonds is 36. The van der Waals surface area contributed by atoms with Gasteiger partial charge in [-0.05, 0) is 163 Å². The van der Waals surface area contributed by atoms with Crippen LogP contribution in [0.3, 0.4) is 0 Å². The summed E-state index contributed by atoms with van der Waals surface area (Å²) in [6, 6.07) is 0. The van der Waals surface area contributed by atoms with Crippen LogP contribution in [0.1, 0.15) is 267 Å². The number of nitrogens with one attached hydrogen (secondary N) is 2. The molecule has 4 aliphatic rings. The Morgan fingerprint density at radius 2 is 1.30 bits per heavy atom. The van der Waals surface area contributed by atoms with Gasteiger partial charge in [-0.15, -0.1) is 0 Å². The van der Waals surface area contributed by atoms with Crippen LogP contribution in [0, 0.1) is 52.3 Å². The zero-order chi connectivity index (χ0) is 48.5. The summed E-state index contributed by atoms with van der Waals surface area (Å²) in [7, 11) is 1.94. The van der Waals surface area contributed by atoms with Gasteiger partial charge in [-0.3, -0.25) is 14.4 Å². The van der Waals surface area contributed by atoms with E-state index in [2.05, 4.69) is 65.2 Å². The Morgan fingerprint density at radius 1 is 0.657 bits per heavy atom. The predicted octanol–water partition coefficient (Wildman–Crippen LogP) is 15.8. The van der Waals surface area contributed by atoms with E-state index in [1.807, 2.05) is 7.05 Å². The summed E-state index contributed by atoms with van der Waals surface area (Å²) in [5.74, 6) is 4.96. The first kappa shape index (κ1) is 57.7. The minimum Gasteiger partial charge on any atom is -0.462 e. The second-order valence-corrected chi connectivity index (χ2v) is 23.8. The minimum absolute atomic E-state index is 0.0155. The van der Waals surface area contributed by atoms with Crippen molar-refractivity contribution in [1.82, 2.24) is 10.6 Å². The first-order chi connectivity index (χ1) is 32.4. The van der Waals surface area contributed by atoms with Crippen molar-refractivity contribution in [2.75, 3.05) is 20.1 Å². The summed E-state index contributed by atoms with van der Waals surface area (Å²) in [4.78, 5) is 39.3. The first-order valence-electron chi connectivity index (χ1n) is 29.4. The summed E-state index contributed by atoms with van der Waals surface area (Å²) >= 11 is 0. The van der Waals surface area contributed by atoms with Crippen LogP contribution in [0.25, 0.3) is 0 Å². The van der Waals surface area contributed by atoms with Gasteiger partial charge < -0.3 is 20.1 Å². The Balaban J connectivity index is 1.11. The molecule has 0 aromatic carbocycles. The van der Waals surface area contributed by atoms with Crippen LogP contribution in [-0.2, 0) is 23.9 Å². The summed E-state index contributed by atoms with van der Waals surface area (Å²) < 4.78 is 12.2. The maximum absolute atomic E-state index is 13.3. The molecule has 0 aliphatic heterocycles. The van der Waals surface area contributed by atoms with Crippen molar-refractivity contribution in [3.8, 4) is 0 Å². The van der Waals surface area contributed by atoms with Crippen LogP contribution in [-0.4, -0.2) is 50.2 Å². The van der Waals surface area contributed by atoms with Crippen molar-refractivity contribution in [3.05, 3.63) is 11.6 Å². The predicted molar refractivity (Wildman–Crippen MR) is 281 cm³/mol. The van der Waals surface area contributed by atoms with E-state index < -0.39 is 0 Å². The number of hydrogen-bond acceptors (Lipinski definition) is 6. The number of carbonyl (C=O) groups is 3. The molecule has 0 radical (unpaired) electrons. The van der Waals surface area contributed by atoms with Crippen LogP contribution < -0.4 is 10.6 Å². The molecule has 388 valence electrons. The average molecular weight is 938 g/mol. The second-order valence-electron chi connectivity index (χ2n) is 23.8. The molecule has 9 unspecified atom stereocenters. The van der Waals surface area contributed by atoms with E-state index in [9.17, 15) is 14.4 Å². The fourth-order valence-corrected chi connectivity index (χ4v) is 14.1. The van der Waals surface area contributed by atoms with Gasteiger partial charge in [0.1, 0.15) is 12.2 Å². The minimum atomic E-state index is -0.0771. The summed E-state index contributed by atoms with van der Waals surface area (Å²) in [6.45, 7) is 18.5. The van der Waals surface area contributed by atoms with E-state index in [0.29, 0.717) is 24.8 Å². The lowest BCUT2D eigenvalue weighted by molar-refractivity contribution is -0.152. The Morgan fingerprint density at radius 3 is 1.99 bits per heavy atom. The monoisotopic (exact) mass is 937 g/mol. The van der Waals surface area contributed by atoms with Gasteiger partial charge in [0.2, 0.25) is 5.91 Å². The number of esters is 2. The van der Waals surface area contributed by atoms with Crippen LogP contribution >= 0.6 is 0 Å². The fourth-order valence-electron chi connectivity index (χ4n) is 14.1. The maximum atomic E-state index is 13.3. The summed E-state index contributed by atoms with van der Waals surface area (Å²) in [5, 5.41) is 6.39. The molecular formula is C60H108N2O5. The number of carbonyl (C=O) groups excluding carboxylic acids is 3. The molecular weight excluding hydrogens is 829 g/mol. The zero-order valence-corrected chi connectivity index (χ0v) is 45.3. The van der Waals surface area contributed by atoms with Crippen molar-refractivity contribution in [2.45, 2.75) is 279 Å². The normalized spacial score (nSPS) is 26.7. The first-order valence-corrected chi connectivity index (χ1v) is 29.4. The molecule has 9 atom stereocenters. The number of amides is 1. The smallest absolute Gasteiger partial charge is 0.306 e. The largest absolute Gasteiger partial charge is 0.462 e. The van der Waals surface area contributed by atoms with Gasteiger partial charge in [0.05, 0.1) is 0 Å². The number of unbranched alkanes of at least 4 members (excludes halogenated alkanes) is 13. The highest BCUT2D eigenvalue weighted by molar-refractivity contribution is 5.78. The lowest BCUT2D eigenvalue weighted by atomic mass is 9.47. The third-order valence-corrected chi connectivity index (χ3v) is 18.3. The van der Waals surface area contributed by atoms with E-state index in [1.165, 1.54) is 116 Å². The molecule has 2 N–H and O–H groups in total. The number of fused-ring (bicyclic) bond motifs is 5. The molecule has 7 heteroatoms. The Labute approximate surface area is 413 Å². The molecule has 0 aromatic heterocycles. The van der Waals surface area contributed by atoms with Crippen molar-refractivity contribution in [3.63, 3.8) is 0 Å². The number of allylic oxidation sites excluding steroid dienone is 1. The lowest BCUT2D eigenvalue weighted by Gasteiger charge is -2.58. The highest BCUT2D eigenvalue weighted by atomic mass is 16.5. The van der Waals surface area contributed by atoms with E-state index in [0.717, 1.165) is 132 Å². The SMILES string of the molecule is CCCCCCCCC(CCCCCCCC)OC(=O)CCCCNC(=O)C(CCCCCC(=O)OC1CCC2(C)C(=CCC3C2CCC2(C)C(C(C)CCCC(C)C)CCC32)C1)CCNC. The second kappa shape index (κ2) is 31.4. The average Bonchev–Trinajstić information content (AvgIpc) is 3.66. The van der Waals surface area contributed by atoms with Gasteiger partial charge in [0.25, 0.3) is 0 Å². The van der Waals surface area contributed by atoms with Gasteiger partial charge in [0, 0.05) is 31.7 Å². The van der Waals surface area contributed by atoms with Crippen LogP contribution in [0.2, 0.25) is 0 Å². The molecule has 1 amide bonds. The molecule has 7 nitrogen and oxygen atoms in total. The third-order valence-electron chi connectivity index (χ3n) is 18.3. The molecule has 4 rings (SSSR count). The highest BCUT2D eigenvalue weighted by Crippen LogP contribution is 2.67. The molecule has 0 heterocycles. The maximum Gasteiger partial charge on any atom is 0.306 e. The van der Waals surface area contributed by atoms with E-state index in [-0.39, 0.29) is 41.4 Å². The topological polar surface area (TPSA) is 93.7 Å². The molecule has 0 bridgehead atoms. The summed E-state index contributed by atoms with van der Waals surface area (Å²) in [5.41, 5.74) is 2.37. The van der Waals surface area contributed by atoms with Crippen LogP contribution in [0.4, 0.5) is 0 Å². The van der Waals surface area contributed by atoms with E-state index in [4.69, 9.17) is 9.47 Å². The quantitative estimate of drug-likeness (QED) is 0.0369. The third kappa shape index (κ3) is 19.0. The van der Waals surface area contributed by atoms with Gasteiger partial charge in [0.15, 0.2) is 0 Å². The van der Waals surface area contributed by atoms with Gasteiger partial charge in [-0.2, -0.15) is 0 Å². The number of hydrogen-bond donors (Lipinski definition) is 2. The Kier molecular flexibility index (Phi) is 27.1. The standard InChI is InChI=1S/C60H108N2O5/c1-9-11-13-15-17-21-30-50(31-22-18-16-14-12-10-2)66-56(63)33-24-25-43-62-58(65)48(40-44-61-8)29-20-19-23-32-57(64)67-51-38-41-59(6)49(45-51)34-35-52-54-37-36-53(47(5)28-26-27-46(3)4)60(54,7)42-39-55(52)59/h34,46-48,50-55,61H,9-33,35-45H2,1-8H3,(H,62,65). The molecule has 3 fully saturated rings. The molecule has 3 saturated carbocycles. The lowest BCUT2D eigenvalue weighted by Crippen LogP contribution is -2.51. The Hall–Kier alpha value is -1.89. The van der Waals surface area contributed by atoms with Crippen molar-refractivity contribution in [1.29, 1.82) is 0 Å². The van der Waals surface area contributed by atoms with Crippen LogP contribution in [0.15, 0.2) is 11.6 Å². The number of ether oxygens (including phenoxy) is 2. The highest BCUT2D eigenvalue weighted by Gasteiger charge is 2.59. The molecule has 0 aromatic rings. The fraction of sp³-hybridized carbons (Fsp3) is 0.917. The molecule has 67 heavy (non-hydrogen) atoms. The van der Waals surface area contributed by atoms with E-state index in [1.54, 1.807) is 5.57 Å². The Bertz CT molecular complexity index is 1410. The van der Waals surface area contributed by atoms with Crippen molar-refractivity contribution < 1.29 is 23.9 Å². The zero-order valence-electron chi connectivity index (χ0n) is 45.3. The summed E-state index contributed by atoms with van der Waals surface area (Å²) in [6.07, 6.45) is 40.5. The van der Waals surface area contributed by atoms with Crippen molar-refractivity contribution in [2.24, 2.45) is 52.3 Å². The van der Waals surface area contributed by atoms with Gasteiger partial charge in [-0.25, -0.2) is 0 Å². The molecule has 0 spiro atoms.